The molecule has 0 saturated carbocycles. The molecule has 0 N–H and O–H groups in total. The third-order valence-electron chi connectivity index (χ3n) is 4.48. The number of fused-ring (bicyclic) bond motifs is 2. The van der Waals surface area contributed by atoms with Crippen molar-refractivity contribution >= 4 is 33.3 Å². The number of Topliss-reactive ketones (excluding diaryl/α,β-unsaturated/α-hetero) is 1. The quantitative estimate of drug-likeness (QED) is 0.742. The van der Waals surface area contributed by atoms with Gasteiger partial charge < -0.3 is 9.64 Å². The molecule has 2 heterocycles. The number of allylic oxidation sites excluding steroid dienone is 1. The summed E-state index contributed by atoms with van der Waals surface area (Å²) in [6.45, 7) is 4.07. The normalized spacial score (nSPS) is 22.2. The molecule has 0 aromatic heterocycles. The highest BCUT2D eigenvalue weighted by atomic mass is 79.9. The zero-order chi connectivity index (χ0) is 16.9. The second-order valence-electron chi connectivity index (χ2n) is 5.99. The molecule has 2 aliphatic heterocycles. The molecule has 1 unspecified atom stereocenters. The predicted molar refractivity (Wildman–Crippen MR) is 93.3 cm³/mol. The molecule has 2 aromatic rings. The summed E-state index contributed by atoms with van der Waals surface area (Å²) in [6, 6.07) is 15.4. The van der Waals surface area contributed by atoms with Crippen molar-refractivity contribution in [2.24, 2.45) is 0 Å². The fourth-order valence-corrected chi connectivity index (χ4v) is 3.69. The van der Waals surface area contributed by atoms with Crippen LogP contribution in [0, 0.1) is 0 Å². The van der Waals surface area contributed by atoms with Gasteiger partial charge in [0.25, 0.3) is 5.91 Å². The maximum absolute atomic E-state index is 13.2. The second kappa shape index (κ2) is 5.31. The number of hydrogen-bond donors (Lipinski definition) is 0. The van der Waals surface area contributed by atoms with E-state index in [0.29, 0.717) is 12.1 Å². The van der Waals surface area contributed by atoms with Crippen LogP contribution in [-0.4, -0.2) is 11.7 Å². The van der Waals surface area contributed by atoms with Gasteiger partial charge in [-0.2, -0.15) is 0 Å². The van der Waals surface area contributed by atoms with Gasteiger partial charge >= 0.3 is 0 Å². The van der Waals surface area contributed by atoms with Crippen LogP contribution in [0.1, 0.15) is 17.5 Å². The number of halogens is 1. The lowest BCUT2D eigenvalue weighted by molar-refractivity contribution is -0.135. The van der Waals surface area contributed by atoms with Gasteiger partial charge in [-0.25, -0.2) is 0 Å². The number of rotatable bonds is 2. The van der Waals surface area contributed by atoms with Crippen LogP contribution in [-0.2, 0) is 26.5 Å². The maximum Gasteiger partial charge on any atom is 0.276 e. The van der Waals surface area contributed by atoms with Gasteiger partial charge in [-0.15, -0.1) is 0 Å². The number of benzene rings is 2. The second-order valence-corrected chi connectivity index (χ2v) is 6.91. The molecule has 1 atom stereocenters. The number of ketones is 1. The number of nitrogens with zero attached hydrogens (tertiary/aromatic N) is 1. The van der Waals surface area contributed by atoms with Crippen molar-refractivity contribution in [3.63, 3.8) is 0 Å². The summed E-state index contributed by atoms with van der Waals surface area (Å²) in [6.07, 6.45) is -0.000586. The Hall–Kier alpha value is -2.40. The van der Waals surface area contributed by atoms with E-state index in [0.717, 1.165) is 15.7 Å². The fourth-order valence-electron chi connectivity index (χ4n) is 3.33. The molecule has 4 rings (SSSR count). The van der Waals surface area contributed by atoms with Gasteiger partial charge in [0.05, 0.1) is 18.7 Å². The van der Waals surface area contributed by atoms with E-state index in [1.54, 1.807) is 4.90 Å². The van der Waals surface area contributed by atoms with Crippen molar-refractivity contribution < 1.29 is 14.3 Å². The third-order valence-corrected chi connectivity index (χ3v) is 4.97. The van der Waals surface area contributed by atoms with E-state index in [2.05, 4.69) is 22.5 Å². The molecule has 1 saturated heterocycles. The summed E-state index contributed by atoms with van der Waals surface area (Å²) >= 11 is 3.44. The molecule has 2 aliphatic rings. The van der Waals surface area contributed by atoms with Gasteiger partial charge in [0.2, 0.25) is 11.4 Å². The topological polar surface area (TPSA) is 46.6 Å². The van der Waals surface area contributed by atoms with E-state index in [-0.39, 0.29) is 23.9 Å². The first-order valence-corrected chi connectivity index (χ1v) is 8.37. The first kappa shape index (κ1) is 15.1. The number of amides is 1. The van der Waals surface area contributed by atoms with Crippen LogP contribution in [0.5, 0.6) is 0 Å². The molecule has 1 amide bonds. The predicted octanol–water partition coefficient (Wildman–Crippen LogP) is 3.69. The molecule has 24 heavy (non-hydrogen) atoms. The minimum Gasteiger partial charge on any atom is -0.469 e. The smallest absolute Gasteiger partial charge is 0.276 e. The van der Waals surface area contributed by atoms with Crippen molar-refractivity contribution in [2.45, 2.75) is 18.6 Å². The van der Waals surface area contributed by atoms with Gasteiger partial charge in [0.1, 0.15) is 0 Å². The Morgan fingerprint density at radius 3 is 2.58 bits per heavy atom. The molecule has 4 nitrogen and oxygen atoms in total. The molecule has 0 bridgehead atoms. The van der Waals surface area contributed by atoms with E-state index in [1.807, 2.05) is 48.5 Å². The van der Waals surface area contributed by atoms with E-state index in [1.165, 1.54) is 0 Å². The lowest BCUT2D eigenvalue weighted by atomic mass is 9.92. The van der Waals surface area contributed by atoms with Crippen molar-refractivity contribution in [3.05, 3.63) is 76.5 Å². The minimum atomic E-state index is -1.28. The van der Waals surface area contributed by atoms with Gasteiger partial charge in [0.15, 0.2) is 5.76 Å². The Kier molecular flexibility index (Phi) is 3.35. The van der Waals surface area contributed by atoms with Crippen molar-refractivity contribution in [2.75, 3.05) is 4.90 Å². The Labute approximate surface area is 147 Å². The lowest BCUT2D eigenvalue weighted by Crippen LogP contribution is -2.39. The monoisotopic (exact) mass is 383 g/mol. The van der Waals surface area contributed by atoms with Gasteiger partial charge in [0, 0.05) is 10.0 Å². The molecule has 1 fully saturated rings. The van der Waals surface area contributed by atoms with E-state index < -0.39 is 5.60 Å². The molecular formula is C19H14BrNO3. The highest BCUT2D eigenvalue weighted by molar-refractivity contribution is 9.10. The largest absolute Gasteiger partial charge is 0.469 e. The van der Waals surface area contributed by atoms with Crippen LogP contribution >= 0.6 is 15.9 Å². The van der Waals surface area contributed by atoms with Gasteiger partial charge in [-0.3, -0.25) is 9.59 Å². The zero-order valence-corrected chi connectivity index (χ0v) is 14.4. The molecule has 5 heteroatoms. The molecule has 1 spiro atoms. The van der Waals surface area contributed by atoms with Crippen molar-refractivity contribution in [3.8, 4) is 0 Å². The maximum atomic E-state index is 13.2. The number of hydrogen-bond acceptors (Lipinski definition) is 3. The van der Waals surface area contributed by atoms with Crippen molar-refractivity contribution in [1.82, 2.24) is 0 Å². The van der Waals surface area contributed by atoms with Crippen LogP contribution in [0.25, 0.3) is 0 Å². The van der Waals surface area contributed by atoms with Crippen LogP contribution in [0.15, 0.2) is 65.3 Å². The minimum absolute atomic E-state index is 0.000586. The number of carbonyl (C=O) groups is 2. The Balaban J connectivity index is 1.82. The standard InChI is InChI=1S/C19H14BrNO3/c1-12-17(22)10-19(24-12)15-9-14(20)7-8-16(15)21(18(19)23)11-13-5-3-2-4-6-13/h2-9H,1,10-11H2. The molecule has 2 aromatic carbocycles. The first-order valence-electron chi connectivity index (χ1n) is 7.58. The van der Waals surface area contributed by atoms with E-state index in [4.69, 9.17) is 4.74 Å². The average Bonchev–Trinajstić information content (AvgIpc) is 2.99. The van der Waals surface area contributed by atoms with Crippen LogP contribution in [0.3, 0.4) is 0 Å². The lowest BCUT2D eigenvalue weighted by Gasteiger charge is -2.22. The number of ether oxygens (including phenoxy) is 1. The van der Waals surface area contributed by atoms with E-state index in [9.17, 15) is 9.59 Å². The Morgan fingerprint density at radius 2 is 1.92 bits per heavy atom. The molecule has 0 aliphatic carbocycles. The summed E-state index contributed by atoms with van der Waals surface area (Å²) in [5, 5.41) is 0. The molecule has 0 radical (unpaired) electrons. The van der Waals surface area contributed by atoms with Crippen LogP contribution < -0.4 is 4.90 Å². The summed E-state index contributed by atoms with van der Waals surface area (Å²) < 4.78 is 6.56. The summed E-state index contributed by atoms with van der Waals surface area (Å²) in [7, 11) is 0. The molecule has 120 valence electrons. The highest BCUT2D eigenvalue weighted by Gasteiger charge is 2.58. The summed E-state index contributed by atoms with van der Waals surface area (Å²) in [4.78, 5) is 26.9. The van der Waals surface area contributed by atoms with Crippen LogP contribution in [0.2, 0.25) is 0 Å². The average molecular weight is 384 g/mol. The summed E-state index contributed by atoms with van der Waals surface area (Å²) in [5.74, 6) is -0.391. The van der Waals surface area contributed by atoms with Gasteiger partial charge in [-0.1, -0.05) is 52.8 Å². The Morgan fingerprint density at radius 1 is 1.17 bits per heavy atom. The number of carbonyl (C=O) groups excluding carboxylic acids is 2. The van der Waals surface area contributed by atoms with Crippen LogP contribution in [0.4, 0.5) is 5.69 Å². The third kappa shape index (κ3) is 2.12. The SMILES string of the molecule is C=C1OC2(CC1=O)C(=O)N(Cc1ccccc1)c1ccc(Br)cc12. The fraction of sp³-hybridized carbons (Fsp3) is 0.158. The number of anilines is 1. The first-order chi connectivity index (χ1) is 11.5. The Bertz CT molecular complexity index is 859. The summed E-state index contributed by atoms with van der Waals surface area (Å²) in [5.41, 5.74) is 1.22. The molecular weight excluding hydrogens is 370 g/mol. The van der Waals surface area contributed by atoms with E-state index >= 15 is 0 Å². The van der Waals surface area contributed by atoms with Crippen molar-refractivity contribution in [1.29, 1.82) is 0 Å². The highest BCUT2D eigenvalue weighted by Crippen LogP contribution is 2.50. The van der Waals surface area contributed by atoms with Gasteiger partial charge in [-0.05, 0) is 23.8 Å². The zero-order valence-electron chi connectivity index (χ0n) is 12.8.